The summed E-state index contributed by atoms with van der Waals surface area (Å²) < 4.78 is 0. The van der Waals surface area contributed by atoms with Crippen LogP contribution in [0.1, 0.15) is 27.9 Å². The second kappa shape index (κ2) is 2.82. The molecule has 15 heavy (non-hydrogen) atoms. The van der Waals surface area contributed by atoms with Crippen molar-refractivity contribution in [1.29, 1.82) is 0 Å². The molecule has 2 heterocycles. The predicted octanol–water partition coefficient (Wildman–Crippen LogP) is 1.75. The van der Waals surface area contributed by atoms with Gasteiger partial charge in [0, 0.05) is 17.8 Å². The van der Waals surface area contributed by atoms with Gasteiger partial charge in [0.15, 0.2) is 0 Å². The number of hydrogen-bond acceptors (Lipinski definition) is 2. The highest BCUT2D eigenvalue weighted by molar-refractivity contribution is 6.03. The third-order valence-electron chi connectivity index (χ3n) is 3.00. The Hall–Kier alpha value is -1.84. The lowest BCUT2D eigenvalue weighted by Crippen LogP contribution is -1.96. The summed E-state index contributed by atoms with van der Waals surface area (Å²) in [7, 11) is 0. The molecule has 3 rings (SSSR count). The maximum Gasteiger partial charge on any atom is 0.337 e. The molecule has 0 spiro atoms. The summed E-state index contributed by atoms with van der Waals surface area (Å²) in [5.74, 6) is -0.886. The van der Waals surface area contributed by atoms with Gasteiger partial charge in [-0.25, -0.2) is 9.78 Å². The summed E-state index contributed by atoms with van der Waals surface area (Å²) in [6, 6.07) is 0. The number of carboxylic acid groups (broad SMARTS) is 1. The molecule has 0 fully saturated rings. The molecule has 2 aromatic rings. The average molecular weight is 202 g/mol. The molecular weight excluding hydrogens is 192 g/mol. The van der Waals surface area contributed by atoms with E-state index in [9.17, 15) is 4.79 Å². The van der Waals surface area contributed by atoms with Crippen LogP contribution in [-0.2, 0) is 12.8 Å². The summed E-state index contributed by atoms with van der Waals surface area (Å²) in [6.45, 7) is 0. The van der Waals surface area contributed by atoms with Gasteiger partial charge in [0.2, 0.25) is 0 Å². The highest BCUT2D eigenvalue weighted by Crippen LogP contribution is 2.30. The standard InChI is InChI=1S/C11H10N2O2/c14-11(15)8-5-13-10-9(8)7-3-1-2-6(7)4-12-10/h4-5H,1-3H2,(H,12,13)(H,14,15). The Morgan fingerprint density at radius 3 is 3.13 bits per heavy atom. The number of carboxylic acids is 1. The largest absolute Gasteiger partial charge is 0.478 e. The van der Waals surface area contributed by atoms with Crippen molar-refractivity contribution < 1.29 is 9.90 Å². The van der Waals surface area contributed by atoms with Gasteiger partial charge in [-0.3, -0.25) is 0 Å². The molecule has 76 valence electrons. The summed E-state index contributed by atoms with van der Waals surface area (Å²) in [4.78, 5) is 18.2. The first-order chi connectivity index (χ1) is 7.27. The molecule has 1 aliphatic rings. The molecular formula is C11H10N2O2. The van der Waals surface area contributed by atoms with Crippen LogP contribution in [0.4, 0.5) is 0 Å². The molecule has 0 aliphatic heterocycles. The van der Waals surface area contributed by atoms with Gasteiger partial charge in [-0.1, -0.05) is 0 Å². The van der Waals surface area contributed by atoms with Crippen LogP contribution < -0.4 is 0 Å². The zero-order valence-corrected chi connectivity index (χ0v) is 8.08. The molecule has 0 bridgehead atoms. The Bertz CT molecular complexity index is 557. The maximum absolute atomic E-state index is 11.0. The van der Waals surface area contributed by atoms with Crippen LogP contribution in [0.25, 0.3) is 11.0 Å². The van der Waals surface area contributed by atoms with Gasteiger partial charge in [-0.05, 0) is 30.4 Å². The van der Waals surface area contributed by atoms with E-state index >= 15 is 0 Å². The summed E-state index contributed by atoms with van der Waals surface area (Å²) in [5.41, 5.74) is 3.40. The van der Waals surface area contributed by atoms with E-state index in [0.29, 0.717) is 11.2 Å². The van der Waals surface area contributed by atoms with Gasteiger partial charge >= 0.3 is 5.97 Å². The number of hydrogen-bond donors (Lipinski definition) is 2. The first kappa shape index (κ1) is 8.47. The highest BCUT2D eigenvalue weighted by atomic mass is 16.4. The average Bonchev–Trinajstić information content (AvgIpc) is 2.82. The number of fused-ring (bicyclic) bond motifs is 3. The molecule has 2 aromatic heterocycles. The lowest BCUT2D eigenvalue weighted by atomic mass is 10.1. The SMILES string of the molecule is O=C(O)c1c[nH]c2ncc3c(c12)CCC3. The van der Waals surface area contributed by atoms with Crippen LogP contribution in [0.3, 0.4) is 0 Å². The normalized spacial score (nSPS) is 14.4. The van der Waals surface area contributed by atoms with E-state index in [4.69, 9.17) is 5.11 Å². The molecule has 0 aromatic carbocycles. The van der Waals surface area contributed by atoms with Crippen molar-refractivity contribution >= 4 is 17.0 Å². The number of aromatic amines is 1. The molecule has 0 unspecified atom stereocenters. The van der Waals surface area contributed by atoms with Gasteiger partial charge in [-0.2, -0.15) is 0 Å². The molecule has 0 atom stereocenters. The first-order valence-electron chi connectivity index (χ1n) is 4.98. The third kappa shape index (κ3) is 1.08. The Balaban J connectivity index is 2.41. The third-order valence-corrected chi connectivity index (χ3v) is 3.00. The van der Waals surface area contributed by atoms with Gasteiger partial charge in [0.1, 0.15) is 5.65 Å². The van der Waals surface area contributed by atoms with E-state index in [1.807, 2.05) is 6.20 Å². The second-order valence-corrected chi connectivity index (χ2v) is 3.85. The van der Waals surface area contributed by atoms with E-state index in [1.54, 1.807) is 0 Å². The zero-order valence-electron chi connectivity index (χ0n) is 8.08. The minimum atomic E-state index is -0.886. The minimum absolute atomic E-state index is 0.344. The summed E-state index contributed by atoms with van der Waals surface area (Å²) in [6.07, 6.45) is 6.46. The fraction of sp³-hybridized carbons (Fsp3) is 0.273. The predicted molar refractivity (Wildman–Crippen MR) is 55.1 cm³/mol. The molecule has 0 saturated carbocycles. The summed E-state index contributed by atoms with van der Waals surface area (Å²) >= 11 is 0. The van der Waals surface area contributed by atoms with Crippen molar-refractivity contribution in [3.63, 3.8) is 0 Å². The minimum Gasteiger partial charge on any atom is -0.478 e. The Morgan fingerprint density at radius 1 is 1.47 bits per heavy atom. The lowest BCUT2D eigenvalue weighted by Gasteiger charge is -2.00. The maximum atomic E-state index is 11.0. The molecule has 4 nitrogen and oxygen atoms in total. The number of aryl methyl sites for hydroxylation is 2. The number of aromatic nitrogens is 2. The van der Waals surface area contributed by atoms with E-state index in [1.165, 1.54) is 17.3 Å². The number of rotatable bonds is 1. The van der Waals surface area contributed by atoms with Crippen LogP contribution in [0, 0.1) is 0 Å². The van der Waals surface area contributed by atoms with Crippen molar-refractivity contribution in [1.82, 2.24) is 9.97 Å². The molecule has 0 amide bonds. The van der Waals surface area contributed by atoms with Crippen LogP contribution in [-0.4, -0.2) is 21.0 Å². The van der Waals surface area contributed by atoms with Gasteiger partial charge in [0.05, 0.1) is 5.56 Å². The molecule has 1 aliphatic carbocycles. The van der Waals surface area contributed by atoms with Crippen LogP contribution in [0.5, 0.6) is 0 Å². The van der Waals surface area contributed by atoms with Crippen molar-refractivity contribution in [2.45, 2.75) is 19.3 Å². The molecule has 0 radical (unpaired) electrons. The van der Waals surface area contributed by atoms with E-state index in [0.717, 1.165) is 24.6 Å². The van der Waals surface area contributed by atoms with Crippen molar-refractivity contribution in [3.8, 4) is 0 Å². The van der Waals surface area contributed by atoms with Crippen molar-refractivity contribution in [3.05, 3.63) is 29.1 Å². The number of carbonyl (C=O) groups is 1. The van der Waals surface area contributed by atoms with Crippen molar-refractivity contribution in [2.24, 2.45) is 0 Å². The highest BCUT2D eigenvalue weighted by Gasteiger charge is 2.20. The number of H-pyrrole nitrogens is 1. The smallest absolute Gasteiger partial charge is 0.337 e. The molecule has 0 saturated heterocycles. The fourth-order valence-corrected chi connectivity index (χ4v) is 2.33. The van der Waals surface area contributed by atoms with Crippen LogP contribution >= 0.6 is 0 Å². The summed E-state index contributed by atoms with van der Waals surface area (Å²) in [5, 5.41) is 9.86. The van der Waals surface area contributed by atoms with Gasteiger partial charge in [0.25, 0.3) is 0 Å². The second-order valence-electron chi connectivity index (χ2n) is 3.85. The lowest BCUT2D eigenvalue weighted by molar-refractivity contribution is 0.0699. The molecule has 2 N–H and O–H groups in total. The Labute approximate surface area is 86.0 Å². The van der Waals surface area contributed by atoms with E-state index < -0.39 is 5.97 Å². The monoisotopic (exact) mass is 202 g/mol. The Kier molecular flexibility index (Phi) is 1.59. The van der Waals surface area contributed by atoms with Crippen LogP contribution in [0.2, 0.25) is 0 Å². The fourth-order valence-electron chi connectivity index (χ4n) is 2.33. The van der Waals surface area contributed by atoms with E-state index in [2.05, 4.69) is 9.97 Å². The number of pyridine rings is 1. The number of nitrogens with one attached hydrogen (secondary N) is 1. The number of nitrogens with zero attached hydrogens (tertiary/aromatic N) is 1. The molecule has 4 heteroatoms. The van der Waals surface area contributed by atoms with Crippen LogP contribution in [0.15, 0.2) is 12.4 Å². The van der Waals surface area contributed by atoms with Gasteiger partial charge in [-0.15, -0.1) is 0 Å². The quantitative estimate of drug-likeness (QED) is 0.740. The zero-order chi connectivity index (χ0) is 10.4. The first-order valence-corrected chi connectivity index (χ1v) is 4.98. The topological polar surface area (TPSA) is 66.0 Å². The van der Waals surface area contributed by atoms with Gasteiger partial charge < -0.3 is 10.1 Å². The Morgan fingerprint density at radius 2 is 2.33 bits per heavy atom. The van der Waals surface area contributed by atoms with E-state index in [-0.39, 0.29) is 0 Å². The number of aromatic carboxylic acids is 1. The van der Waals surface area contributed by atoms with Crippen molar-refractivity contribution in [2.75, 3.05) is 0 Å².